The fourth-order valence-electron chi connectivity index (χ4n) is 1.42. The van der Waals surface area contributed by atoms with Crippen LogP contribution in [0.4, 0.5) is 4.39 Å². The molecule has 1 rings (SSSR count). The number of hydrogen-bond donors (Lipinski definition) is 1. The van der Waals surface area contributed by atoms with E-state index >= 15 is 0 Å². The molecule has 0 radical (unpaired) electrons. The van der Waals surface area contributed by atoms with Crippen LogP contribution >= 0.6 is 0 Å². The lowest BCUT2D eigenvalue weighted by molar-refractivity contribution is 0.467. The minimum atomic E-state index is -0.166. The first-order valence-corrected chi connectivity index (χ1v) is 5.15. The highest BCUT2D eigenvalue weighted by Crippen LogP contribution is 2.14. The molecule has 0 aliphatic carbocycles. The zero-order valence-electron chi connectivity index (χ0n) is 9.05. The van der Waals surface area contributed by atoms with Gasteiger partial charge in [0.1, 0.15) is 5.82 Å². The smallest absolute Gasteiger partial charge is 0.123 e. The predicted octanol–water partition coefficient (Wildman–Crippen LogP) is 3.27. The molecule has 0 amide bonds. The van der Waals surface area contributed by atoms with Crippen molar-refractivity contribution in [2.24, 2.45) is 0 Å². The molecular weight excluding hydrogens is 177 g/mol. The third-order valence-corrected chi connectivity index (χ3v) is 2.50. The Morgan fingerprint density at radius 2 is 2.07 bits per heavy atom. The third-order valence-electron chi connectivity index (χ3n) is 2.50. The van der Waals surface area contributed by atoms with Gasteiger partial charge in [-0.05, 0) is 38.0 Å². The third kappa shape index (κ3) is 3.11. The monoisotopic (exact) mass is 195 g/mol. The normalized spacial score (nSPS) is 15.1. The van der Waals surface area contributed by atoms with Crippen LogP contribution in [0.15, 0.2) is 24.3 Å². The van der Waals surface area contributed by atoms with E-state index in [2.05, 4.69) is 26.1 Å². The Labute approximate surface area is 85.3 Å². The van der Waals surface area contributed by atoms with Crippen molar-refractivity contribution in [2.75, 3.05) is 0 Å². The topological polar surface area (TPSA) is 12.0 Å². The summed E-state index contributed by atoms with van der Waals surface area (Å²) in [5.74, 6) is -0.166. The number of halogens is 1. The highest BCUT2D eigenvalue weighted by atomic mass is 19.1. The van der Waals surface area contributed by atoms with Gasteiger partial charge in [-0.3, -0.25) is 0 Å². The van der Waals surface area contributed by atoms with Crippen LogP contribution in [0.1, 0.15) is 38.8 Å². The van der Waals surface area contributed by atoms with Crippen LogP contribution < -0.4 is 5.32 Å². The van der Waals surface area contributed by atoms with Crippen molar-refractivity contribution in [1.82, 2.24) is 5.32 Å². The Bertz CT molecular complexity index is 285. The highest BCUT2D eigenvalue weighted by Gasteiger charge is 2.08. The van der Waals surface area contributed by atoms with Crippen molar-refractivity contribution in [2.45, 2.75) is 39.3 Å². The SMILES string of the molecule is CC[C@H](C)N[C@@H](C)c1cccc(F)c1. The van der Waals surface area contributed by atoms with E-state index in [1.54, 1.807) is 12.1 Å². The summed E-state index contributed by atoms with van der Waals surface area (Å²) >= 11 is 0. The van der Waals surface area contributed by atoms with Crippen molar-refractivity contribution < 1.29 is 4.39 Å². The minimum Gasteiger partial charge on any atom is -0.308 e. The Hall–Kier alpha value is -0.890. The van der Waals surface area contributed by atoms with Crippen molar-refractivity contribution in [3.05, 3.63) is 35.6 Å². The molecule has 0 aliphatic rings. The van der Waals surface area contributed by atoms with Gasteiger partial charge in [0.15, 0.2) is 0 Å². The fraction of sp³-hybridized carbons (Fsp3) is 0.500. The van der Waals surface area contributed by atoms with Gasteiger partial charge in [-0.15, -0.1) is 0 Å². The van der Waals surface area contributed by atoms with Crippen molar-refractivity contribution >= 4 is 0 Å². The van der Waals surface area contributed by atoms with E-state index < -0.39 is 0 Å². The lowest BCUT2D eigenvalue weighted by atomic mass is 10.1. The van der Waals surface area contributed by atoms with Crippen LogP contribution in [0.2, 0.25) is 0 Å². The Kier molecular flexibility index (Phi) is 4.08. The van der Waals surface area contributed by atoms with Gasteiger partial charge in [0.25, 0.3) is 0 Å². The summed E-state index contributed by atoms with van der Waals surface area (Å²) in [6, 6.07) is 7.43. The summed E-state index contributed by atoms with van der Waals surface area (Å²) in [5, 5.41) is 3.41. The van der Waals surface area contributed by atoms with Crippen LogP contribution in [-0.2, 0) is 0 Å². The van der Waals surface area contributed by atoms with E-state index in [4.69, 9.17) is 0 Å². The van der Waals surface area contributed by atoms with Crippen molar-refractivity contribution in [3.63, 3.8) is 0 Å². The molecule has 1 aromatic rings. The molecule has 0 spiro atoms. The van der Waals surface area contributed by atoms with E-state index in [1.807, 2.05) is 6.07 Å². The average Bonchev–Trinajstić information content (AvgIpc) is 2.17. The van der Waals surface area contributed by atoms with E-state index in [0.29, 0.717) is 6.04 Å². The predicted molar refractivity (Wildman–Crippen MR) is 57.7 cm³/mol. The number of rotatable bonds is 4. The summed E-state index contributed by atoms with van der Waals surface area (Å²) in [7, 11) is 0. The molecule has 1 N–H and O–H groups in total. The molecule has 2 heteroatoms. The second kappa shape index (κ2) is 5.11. The van der Waals surface area contributed by atoms with Crippen LogP contribution in [0.3, 0.4) is 0 Å². The summed E-state index contributed by atoms with van der Waals surface area (Å²) < 4.78 is 12.9. The number of nitrogens with one attached hydrogen (secondary N) is 1. The second-order valence-corrected chi connectivity index (χ2v) is 3.75. The molecule has 0 aromatic heterocycles. The summed E-state index contributed by atoms with van der Waals surface area (Å²) in [6.45, 7) is 6.33. The lowest BCUT2D eigenvalue weighted by Gasteiger charge is -2.19. The van der Waals surface area contributed by atoms with Gasteiger partial charge in [-0.25, -0.2) is 4.39 Å². The largest absolute Gasteiger partial charge is 0.308 e. The lowest BCUT2D eigenvalue weighted by Crippen LogP contribution is -2.28. The first-order valence-electron chi connectivity index (χ1n) is 5.15. The molecule has 0 heterocycles. The van der Waals surface area contributed by atoms with Crippen LogP contribution in [-0.4, -0.2) is 6.04 Å². The maximum Gasteiger partial charge on any atom is 0.123 e. The standard InChI is InChI=1S/C12H18FN/c1-4-9(2)14-10(3)11-6-5-7-12(13)8-11/h5-10,14H,4H2,1-3H3/t9-,10-/m0/s1. The molecule has 0 saturated carbocycles. The summed E-state index contributed by atoms with van der Waals surface area (Å²) in [4.78, 5) is 0. The molecule has 0 fully saturated rings. The fourth-order valence-corrected chi connectivity index (χ4v) is 1.42. The van der Waals surface area contributed by atoms with Crippen LogP contribution in [0, 0.1) is 5.82 Å². The molecule has 0 unspecified atom stereocenters. The Morgan fingerprint density at radius 3 is 2.64 bits per heavy atom. The summed E-state index contributed by atoms with van der Waals surface area (Å²) in [6.07, 6.45) is 1.08. The van der Waals surface area contributed by atoms with Gasteiger partial charge in [-0.2, -0.15) is 0 Å². The zero-order valence-corrected chi connectivity index (χ0v) is 9.05. The van der Waals surface area contributed by atoms with Crippen LogP contribution in [0.5, 0.6) is 0 Å². The van der Waals surface area contributed by atoms with Crippen molar-refractivity contribution in [3.8, 4) is 0 Å². The highest BCUT2D eigenvalue weighted by molar-refractivity contribution is 5.19. The molecule has 0 saturated heterocycles. The van der Waals surface area contributed by atoms with E-state index in [1.165, 1.54) is 6.07 Å². The Morgan fingerprint density at radius 1 is 1.36 bits per heavy atom. The number of hydrogen-bond acceptors (Lipinski definition) is 1. The van der Waals surface area contributed by atoms with Gasteiger partial charge < -0.3 is 5.32 Å². The average molecular weight is 195 g/mol. The van der Waals surface area contributed by atoms with E-state index in [0.717, 1.165) is 12.0 Å². The van der Waals surface area contributed by atoms with Gasteiger partial charge in [0, 0.05) is 12.1 Å². The van der Waals surface area contributed by atoms with Crippen molar-refractivity contribution in [1.29, 1.82) is 0 Å². The summed E-state index contributed by atoms with van der Waals surface area (Å²) in [5.41, 5.74) is 1.00. The first-order chi connectivity index (χ1) is 6.63. The molecule has 78 valence electrons. The minimum absolute atomic E-state index is 0.166. The maximum absolute atomic E-state index is 12.9. The first kappa shape index (κ1) is 11.2. The van der Waals surface area contributed by atoms with Gasteiger partial charge >= 0.3 is 0 Å². The van der Waals surface area contributed by atoms with Gasteiger partial charge in [0.2, 0.25) is 0 Å². The maximum atomic E-state index is 12.9. The quantitative estimate of drug-likeness (QED) is 0.777. The molecule has 0 bridgehead atoms. The van der Waals surface area contributed by atoms with E-state index in [9.17, 15) is 4.39 Å². The molecule has 2 atom stereocenters. The molecule has 14 heavy (non-hydrogen) atoms. The molecule has 1 aromatic carbocycles. The zero-order chi connectivity index (χ0) is 10.6. The number of benzene rings is 1. The van der Waals surface area contributed by atoms with Gasteiger partial charge in [-0.1, -0.05) is 19.1 Å². The van der Waals surface area contributed by atoms with E-state index in [-0.39, 0.29) is 11.9 Å². The molecular formula is C12H18FN. The van der Waals surface area contributed by atoms with Crippen LogP contribution in [0.25, 0.3) is 0 Å². The molecule has 0 aliphatic heterocycles. The Balaban J connectivity index is 2.64. The second-order valence-electron chi connectivity index (χ2n) is 3.75. The van der Waals surface area contributed by atoms with Gasteiger partial charge in [0.05, 0.1) is 0 Å². The molecule has 1 nitrogen and oxygen atoms in total.